The fourth-order valence-electron chi connectivity index (χ4n) is 1.80. The summed E-state index contributed by atoms with van der Waals surface area (Å²) in [6.07, 6.45) is 1.41. The lowest BCUT2D eigenvalue weighted by Crippen LogP contribution is -1.98. The van der Waals surface area contributed by atoms with Gasteiger partial charge in [0.2, 0.25) is 5.75 Å². The molecule has 2 rings (SSSR count). The third-order valence-electron chi connectivity index (χ3n) is 2.83. The van der Waals surface area contributed by atoms with Crippen molar-refractivity contribution in [2.45, 2.75) is 6.92 Å². The topological polar surface area (TPSA) is 97.0 Å². The van der Waals surface area contributed by atoms with E-state index in [4.69, 9.17) is 4.74 Å². The van der Waals surface area contributed by atoms with Gasteiger partial charge in [0.15, 0.2) is 5.75 Å². The lowest BCUT2D eigenvalue weighted by Gasteiger charge is -2.07. The minimum Gasteiger partial charge on any atom is -0.500 e. The Morgan fingerprint density at radius 2 is 2.09 bits per heavy atom. The molecule has 0 atom stereocenters. The molecule has 0 fully saturated rings. The molecule has 0 saturated carbocycles. The summed E-state index contributed by atoms with van der Waals surface area (Å²) in [5.41, 5.74) is 3.58. The number of nitro benzene ring substituents is 1. The standard InChI is InChI=1S/C15H14BrN3O4/c1-2-23-14-8-10(7-13(15(14)20)19(21)22)9-17-18-12-5-3-11(16)4-6-12/h3-9,18,20H,2H2,1H3. The molecule has 0 aliphatic rings. The van der Waals surface area contributed by atoms with Crippen molar-refractivity contribution in [2.24, 2.45) is 5.10 Å². The molecule has 0 aliphatic carbocycles. The summed E-state index contributed by atoms with van der Waals surface area (Å²) < 4.78 is 6.15. The smallest absolute Gasteiger partial charge is 0.315 e. The van der Waals surface area contributed by atoms with E-state index in [0.29, 0.717) is 5.56 Å². The van der Waals surface area contributed by atoms with E-state index in [1.54, 1.807) is 6.92 Å². The normalized spacial score (nSPS) is 10.7. The van der Waals surface area contributed by atoms with Crippen LogP contribution in [0, 0.1) is 10.1 Å². The molecular weight excluding hydrogens is 366 g/mol. The van der Waals surface area contributed by atoms with E-state index in [1.165, 1.54) is 18.3 Å². The summed E-state index contributed by atoms with van der Waals surface area (Å²) >= 11 is 3.33. The predicted molar refractivity (Wildman–Crippen MR) is 91.3 cm³/mol. The van der Waals surface area contributed by atoms with Gasteiger partial charge < -0.3 is 9.84 Å². The molecule has 0 aliphatic heterocycles. The zero-order valence-corrected chi connectivity index (χ0v) is 13.8. The van der Waals surface area contributed by atoms with Crippen molar-refractivity contribution in [1.29, 1.82) is 0 Å². The highest BCUT2D eigenvalue weighted by atomic mass is 79.9. The number of halogens is 1. The molecule has 0 saturated heterocycles. The molecule has 0 radical (unpaired) electrons. The zero-order valence-electron chi connectivity index (χ0n) is 12.2. The molecule has 23 heavy (non-hydrogen) atoms. The summed E-state index contributed by atoms with van der Waals surface area (Å²) in [7, 11) is 0. The van der Waals surface area contributed by atoms with Gasteiger partial charge in [0, 0.05) is 16.1 Å². The zero-order chi connectivity index (χ0) is 16.8. The fraction of sp³-hybridized carbons (Fsp3) is 0.133. The Morgan fingerprint density at radius 1 is 1.39 bits per heavy atom. The maximum atomic E-state index is 11.0. The highest BCUT2D eigenvalue weighted by Crippen LogP contribution is 2.36. The van der Waals surface area contributed by atoms with E-state index in [-0.39, 0.29) is 12.4 Å². The molecule has 0 spiro atoms. The number of nitrogens with one attached hydrogen (secondary N) is 1. The largest absolute Gasteiger partial charge is 0.500 e. The number of hydrogen-bond acceptors (Lipinski definition) is 6. The summed E-state index contributed by atoms with van der Waals surface area (Å²) in [4.78, 5) is 10.3. The average Bonchev–Trinajstić information content (AvgIpc) is 2.52. The Bertz CT molecular complexity index is 732. The van der Waals surface area contributed by atoms with Gasteiger partial charge in [-0.1, -0.05) is 15.9 Å². The molecule has 2 aromatic carbocycles. The molecule has 0 unspecified atom stereocenters. The molecule has 7 nitrogen and oxygen atoms in total. The van der Waals surface area contributed by atoms with Gasteiger partial charge >= 0.3 is 5.69 Å². The monoisotopic (exact) mass is 379 g/mol. The maximum Gasteiger partial charge on any atom is 0.315 e. The molecule has 0 aromatic heterocycles. The number of anilines is 1. The van der Waals surface area contributed by atoms with Crippen LogP contribution in [0.15, 0.2) is 46.0 Å². The van der Waals surface area contributed by atoms with Crippen LogP contribution in [0.1, 0.15) is 12.5 Å². The number of aromatic hydroxyl groups is 1. The SMILES string of the molecule is CCOc1cc(C=NNc2ccc(Br)cc2)cc([N+](=O)[O-])c1O. The minimum atomic E-state index is -0.669. The van der Waals surface area contributed by atoms with Gasteiger partial charge in [0.1, 0.15) is 0 Å². The quantitative estimate of drug-likeness (QED) is 0.450. The molecule has 0 bridgehead atoms. The van der Waals surface area contributed by atoms with Gasteiger partial charge in [-0.2, -0.15) is 5.10 Å². The van der Waals surface area contributed by atoms with E-state index in [0.717, 1.165) is 10.2 Å². The predicted octanol–water partition coefficient (Wildman–Crippen LogP) is 3.91. The number of hydrazone groups is 1. The fourth-order valence-corrected chi connectivity index (χ4v) is 2.06. The number of rotatable bonds is 6. The summed E-state index contributed by atoms with van der Waals surface area (Å²) in [5, 5.41) is 24.8. The molecule has 2 aromatic rings. The van der Waals surface area contributed by atoms with Crippen molar-refractivity contribution in [3.63, 3.8) is 0 Å². The first-order valence-electron chi connectivity index (χ1n) is 6.70. The van der Waals surface area contributed by atoms with E-state index in [2.05, 4.69) is 26.5 Å². The van der Waals surface area contributed by atoms with Gasteiger partial charge in [-0.25, -0.2) is 0 Å². The molecule has 120 valence electrons. The number of phenolic OH excluding ortho intramolecular Hbond substituents is 1. The molecular formula is C15H14BrN3O4. The Labute approximate surface area is 140 Å². The van der Waals surface area contributed by atoms with Crippen molar-refractivity contribution in [2.75, 3.05) is 12.0 Å². The van der Waals surface area contributed by atoms with Crippen LogP contribution >= 0.6 is 15.9 Å². The second kappa shape index (κ2) is 7.59. The van der Waals surface area contributed by atoms with Crippen LogP contribution in [0.3, 0.4) is 0 Å². The van der Waals surface area contributed by atoms with Crippen LogP contribution in [-0.4, -0.2) is 22.9 Å². The maximum absolute atomic E-state index is 11.0. The number of nitro groups is 1. The lowest BCUT2D eigenvalue weighted by atomic mass is 10.2. The third kappa shape index (κ3) is 4.43. The second-order valence-corrected chi connectivity index (χ2v) is 5.37. The first-order chi connectivity index (χ1) is 11.0. The number of ether oxygens (including phenoxy) is 1. The van der Waals surface area contributed by atoms with Crippen LogP contribution in [0.2, 0.25) is 0 Å². The highest BCUT2D eigenvalue weighted by molar-refractivity contribution is 9.10. The minimum absolute atomic E-state index is 0.0480. The van der Waals surface area contributed by atoms with Gasteiger partial charge in [-0.3, -0.25) is 15.5 Å². The van der Waals surface area contributed by atoms with E-state index < -0.39 is 16.4 Å². The van der Waals surface area contributed by atoms with Gasteiger partial charge in [0.25, 0.3) is 0 Å². The van der Waals surface area contributed by atoms with Crippen molar-refractivity contribution < 1.29 is 14.8 Å². The van der Waals surface area contributed by atoms with Crippen LogP contribution in [0.25, 0.3) is 0 Å². The second-order valence-electron chi connectivity index (χ2n) is 4.45. The number of hydrogen-bond donors (Lipinski definition) is 2. The number of nitrogens with zero attached hydrogens (tertiary/aromatic N) is 2. The third-order valence-corrected chi connectivity index (χ3v) is 3.35. The summed E-state index contributed by atoms with van der Waals surface area (Å²) in [6.45, 7) is 2.00. The number of phenols is 1. The van der Waals surface area contributed by atoms with Crippen molar-refractivity contribution >= 4 is 33.5 Å². The van der Waals surface area contributed by atoms with Crippen LogP contribution < -0.4 is 10.2 Å². The van der Waals surface area contributed by atoms with Crippen molar-refractivity contribution in [3.8, 4) is 11.5 Å². The van der Waals surface area contributed by atoms with E-state index in [9.17, 15) is 15.2 Å². The Kier molecular flexibility index (Phi) is 5.53. The first-order valence-corrected chi connectivity index (χ1v) is 7.49. The molecule has 0 heterocycles. The van der Waals surface area contributed by atoms with Crippen LogP contribution in [0.4, 0.5) is 11.4 Å². The summed E-state index contributed by atoms with van der Waals surface area (Å²) in [6, 6.07) is 10.1. The van der Waals surface area contributed by atoms with Crippen molar-refractivity contribution in [3.05, 3.63) is 56.5 Å². The Morgan fingerprint density at radius 3 is 2.70 bits per heavy atom. The number of benzene rings is 2. The highest BCUT2D eigenvalue weighted by Gasteiger charge is 2.19. The molecule has 2 N–H and O–H groups in total. The van der Waals surface area contributed by atoms with E-state index in [1.807, 2.05) is 24.3 Å². The molecule has 8 heteroatoms. The van der Waals surface area contributed by atoms with Crippen LogP contribution in [0.5, 0.6) is 11.5 Å². The first kappa shape index (κ1) is 16.8. The Balaban J connectivity index is 2.22. The summed E-state index contributed by atoms with van der Waals surface area (Å²) in [5.74, 6) is -0.443. The lowest BCUT2D eigenvalue weighted by molar-refractivity contribution is -0.386. The Hall–Kier alpha value is -2.61. The van der Waals surface area contributed by atoms with Crippen LogP contribution in [-0.2, 0) is 0 Å². The van der Waals surface area contributed by atoms with Crippen molar-refractivity contribution in [1.82, 2.24) is 0 Å². The van der Waals surface area contributed by atoms with E-state index >= 15 is 0 Å². The average molecular weight is 380 g/mol. The molecule has 0 amide bonds. The van der Waals surface area contributed by atoms with Gasteiger partial charge in [-0.05, 0) is 37.3 Å². The van der Waals surface area contributed by atoms with Gasteiger partial charge in [-0.15, -0.1) is 0 Å². The van der Waals surface area contributed by atoms with Gasteiger partial charge in [0.05, 0.1) is 23.4 Å².